The molecule has 4 rings (SSSR count). The molecule has 0 saturated carbocycles. The van der Waals surface area contributed by atoms with Crippen LogP contribution >= 0.6 is 0 Å². The largest absolute Gasteiger partial charge is 0.388 e. The first-order valence-electron chi connectivity index (χ1n) is 7.32. The van der Waals surface area contributed by atoms with E-state index in [0.29, 0.717) is 0 Å². The van der Waals surface area contributed by atoms with E-state index in [1.807, 2.05) is 59.5 Å². The Morgan fingerprint density at radius 3 is 2.48 bits per heavy atom. The van der Waals surface area contributed by atoms with Crippen LogP contribution in [0.1, 0.15) is 18.4 Å². The average molecular weight is 276 g/mol. The second-order valence-electron chi connectivity index (χ2n) is 5.38. The molecule has 2 aromatic rings. The summed E-state index contributed by atoms with van der Waals surface area (Å²) in [5, 5.41) is 3.37. The first-order chi connectivity index (χ1) is 10.4. The van der Waals surface area contributed by atoms with Crippen molar-refractivity contribution in [1.82, 2.24) is 5.32 Å². The van der Waals surface area contributed by atoms with Crippen LogP contribution in [0.3, 0.4) is 0 Å². The summed E-state index contributed by atoms with van der Waals surface area (Å²) in [4.78, 5) is 14.8. The van der Waals surface area contributed by atoms with Crippen molar-refractivity contribution < 1.29 is 4.79 Å². The number of para-hydroxylation sites is 2. The van der Waals surface area contributed by atoms with Crippen LogP contribution in [0.25, 0.3) is 5.57 Å². The molecular weight excluding hydrogens is 260 g/mol. The van der Waals surface area contributed by atoms with Gasteiger partial charge in [0.1, 0.15) is 0 Å². The van der Waals surface area contributed by atoms with Crippen molar-refractivity contribution in [2.45, 2.75) is 12.8 Å². The number of nitrogens with one attached hydrogen (secondary N) is 1. The second-order valence-corrected chi connectivity index (χ2v) is 5.38. The third-order valence-electron chi connectivity index (χ3n) is 4.09. The molecule has 0 aromatic heterocycles. The number of benzene rings is 2. The molecule has 1 fully saturated rings. The number of carbonyl (C=O) groups excluding carboxylic acids is 1. The zero-order chi connectivity index (χ0) is 14.2. The average Bonchev–Trinajstić information content (AvgIpc) is 3.13. The Hall–Kier alpha value is -2.55. The Morgan fingerprint density at radius 1 is 0.952 bits per heavy atom. The SMILES string of the molecule is O=C1C(=C2CCCN2)c2ccccc2N1c1ccccc1. The zero-order valence-corrected chi connectivity index (χ0v) is 11.7. The molecule has 0 aliphatic carbocycles. The number of hydrogen-bond acceptors (Lipinski definition) is 2. The van der Waals surface area contributed by atoms with Crippen molar-refractivity contribution in [3.63, 3.8) is 0 Å². The first kappa shape index (κ1) is 12.2. The lowest BCUT2D eigenvalue weighted by Crippen LogP contribution is -2.22. The summed E-state index contributed by atoms with van der Waals surface area (Å²) in [6.07, 6.45) is 2.05. The van der Waals surface area contributed by atoms with Crippen LogP contribution in [-0.4, -0.2) is 12.5 Å². The number of amides is 1. The van der Waals surface area contributed by atoms with Gasteiger partial charge in [-0.05, 0) is 31.0 Å². The van der Waals surface area contributed by atoms with E-state index in [0.717, 1.165) is 47.6 Å². The molecule has 2 aliphatic heterocycles. The van der Waals surface area contributed by atoms with Crippen LogP contribution in [-0.2, 0) is 4.79 Å². The standard InChI is InChI=1S/C18H16N2O/c21-18-17(15-10-6-12-19-15)14-9-4-5-11-16(14)20(18)13-7-2-1-3-8-13/h1-5,7-9,11,19H,6,10,12H2. The van der Waals surface area contributed by atoms with Gasteiger partial charge in [0.05, 0.1) is 11.3 Å². The molecule has 1 saturated heterocycles. The lowest BCUT2D eigenvalue weighted by molar-refractivity contribution is -0.112. The quantitative estimate of drug-likeness (QED) is 0.809. The number of fused-ring (bicyclic) bond motifs is 1. The highest BCUT2D eigenvalue weighted by atomic mass is 16.2. The number of hydrogen-bond donors (Lipinski definition) is 1. The third kappa shape index (κ3) is 1.85. The van der Waals surface area contributed by atoms with Crippen LogP contribution in [0.2, 0.25) is 0 Å². The number of anilines is 2. The van der Waals surface area contributed by atoms with E-state index in [9.17, 15) is 4.79 Å². The number of rotatable bonds is 1. The van der Waals surface area contributed by atoms with Gasteiger partial charge in [-0.3, -0.25) is 9.69 Å². The molecule has 104 valence electrons. The molecule has 3 heteroatoms. The fraction of sp³-hybridized carbons (Fsp3) is 0.167. The maximum absolute atomic E-state index is 13.0. The highest BCUT2D eigenvalue weighted by Gasteiger charge is 2.35. The minimum Gasteiger partial charge on any atom is -0.388 e. The van der Waals surface area contributed by atoms with Gasteiger partial charge in [-0.2, -0.15) is 0 Å². The first-order valence-corrected chi connectivity index (χ1v) is 7.32. The van der Waals surface area contributed by atoms with Gasteiger partial charge < -0.3 is 5.32 Å². The molecule has 2 heterocycles. The van der Waals surface area contributed by atoms with Gasteiger partial charge in [-0.25, -0.2) is 0 Å². The summed E-state index contributed by atoms with van der Waals surface area (Å²) in [7, 11) is 0. The van der Waals surface area contributed by atoms with Crippen molar-refractivity contribution in [2.24, 2.45) is 0 Å². The summed E-state index contributed by atoms with van der Waals surface area (Å²) in [5.74, 6) is 0.0757. The molecule has 1 amide bonds. The summed E-state index contributed by atoms with van der Waals surface area (Å²) < 4.78 is 0. The molecule has 0 atom stereocenters. The van der Waals surface area contributed by atoms with Crippen molar-refractivity contribution in [3.05, 3.63) is 65.9 Å². The maximum Gasteiger partial charge on any atom is 0.265 e. The van der Waals surface area contributed by atoms with E-state index in [-0.39, 0.29) is 5.91 Å². The molecule has 21 heavy (non-hydrogen) atoms. The topological polar surface area (TPSA) is 32.3 Å². The molecule has 3 nitrogen and oxygen atoms in total. The van der Waals surface area contributed by atoms with Crippen molar-refractivity contribution >= 4 is 22.9 Å². The fourth-order valence-electron chi connectivity index (χ4n) is 3.15. The summed E-state index contributed by atoms with van der Waals surface area (Å²) in [6, 6.07) is 17.9. The highest BCUT2D eigenvalue weighted by Crippen LogP contribution is 2.43. The molecular formula is C18H16N2O. The van der Waals surface area contributed by atoms with E-state index in [1.165, 1.54) is 0 Å². The number of carbonyl (C=O) groups is 1. The van der Waals surface area contributed by atoms with Crippen LogP contribution in [0.4, 0.5) is 11.4 Å². The van der Waals surface area contributed by atoms with E-state index >= 15 is 0 Å². The van der Waals surface area contributed by atoms with Gasteiger partial charge in [0, 0.05) is 23.5 Å². The fourth-order valence-corrected chi connectivity index (χ4v) is 3.15. The van der Waals surface area contributed by atoms with Crippen LogP contribution < -0.4 is 10.2 Å². The predicted octanol–water partition coefficient (Wildman–Crippen LogP) is 3.46. The summed E-state index contributed by atoms with van der Waals surface area (Å²) in [5.41, 5.74) is 4.86. The van der Waals surface area contributed by atoms with Crippen LogP contribution in [0.5, 0.6) is 0 Å². The van der Waals surface area contributed by atoms with E-state index in [2.05, 4.69) is 5.32 Å². The summed E-state index contributed by atoms with van der Waals surface area (Å²) >= 11 is 0. The van der Waals surface area contributed by atoms with Gasteiger partial charge in [-0.15, -0.1) is 0 Å². The normalized spacial score (nSPS) is 20.6. The van der Waals surface area contributed by atoms with Gasteiger partial charge >= 0.3 is 0 Å². The Balaban J connectivity index is 1.92. The third-order valence-corrected chi connectivity index (χ3v) is 4.09. The number of allylic oxidation sites excluding steroid dienone is 1. The van der Waals surface area contributed by atoms with E-state index < -0.39 is 0 Å². The molecule has 0 radical (unpaired) electrons. The van der Waals surface area contributed by atoms with Crippen molar-refractivity contribution in [3.8, 4) is 0 Å². The predicted molar refractivity (Wildman–Crippen MR) is 84.2 cm³/mol. The van der Waals surface area contributed by atoms with E-state index in [1.54, 1.807) is 0 Å². The maximum atomic E-state index is 13.0. The van der Waals surface area contributed by atoms with Gasteiger partial charge in [0.15, 0.2) is 0 Å². The van der Waals surface area contributed by atoms with E-state index in [4.69, 9.17) is 0 Å². The minimum atomic E-state index is 0.0757. The summed E-state index contributed by atoms with van der Waals surface area (Å²) in [6.45, 7) is 0.958. The molecule has 0 spiro atoms. The Labute approximate surface area is 123 Å². The minimum absolute atomic E-state index is 0.0757. The van der Waals surface area contributed by atoms with Crippen LogP contribution in [0.15, 0.2) is 60.3 Å². The molecule has 1 N–H and O–H groups in total. The van der Waals surface area contributed by atoms with Gasteiger partial charge in [0.2, 0.25) is 0 Å². The lowest BCUT2D eigenvalue weighted by Gasteiger charge is -2.17. The van der Waals surface area contributed by atoms with Crippen molar-refractivity contribution in [1.29, 1.82) is 0 Å². The molecule has 0 unspecified atom stereocenters. The smallest absolute Gasteiger partial charge is 0.265 e. The highest BCUT2D eigenvalue weighted by molar-refractivity contribution is 6.35. The Morgan fingerprint density at radius 2 is 1.71 bits per heavy atom. The Kier molecular flexibility index (Phi) is 2.78. The lowest BCUT2D eigenvalue weighted by atomic mass is 10.0. The monoisotopic (exact) mass is 276 g/mol. The molecule has 2 aromatic carbocycles. The van der Waals surface area contributed by atoms with Crippen molar-refractivity contribution in [2.75, 3.05) is 11.4 Å². The zero-order valence-electron chi connectivity index (χ0n) is 11.7. The van der Waals surface area contributed by atoms with Gasteiger partial charge in [0.25, 0.3) is 5.91 Å². The van der Waals surface area contributed by atoms with Gasteiger partial charge in [-0.1, -0.05) is 36.4 Å². The second kappa shape index (κ2) is 4.77. The number of nitrogens with zero attached hydrogens (tertiary/aromatic N) is 1. The Bertz CT molecular complexity index is 726. The van der Waals surface area contributed by atoms with Crippen LogP contribution in [0, 0.1) is 0 Å². The molecule has 2 aliphatic rings. The molecule has 0 bridgehead atoms.